The third kappa shape index (κ3) is 3.65. The van der Waals surface area contributed by atoms with Gasteiger partial charge in [0.05, 0.1) is 6.57 Å². The average Bonchev–Trinajstić information content (AvgIpc) is 3.06. The number of hydrogen-bond donors (Lipinski definition) is 0. The highest BCUT2D eigenvalue weighted by atomic mass is 19.4. The maximum atomic E-state index is 12.2. The summed E-state index contributed by atoms with van der Waals surface area (Å²) < 4.78 is 40.7. The lowest BCUT2D eigenvalue weighted by atomic mass is 9.78. The molecule has 0 unspecified atom stereocenters. The molecule has 2 heterocycles. The highest BCUT2D eigenvalue weighted by Crippen LogP contribution is 2.43. The molecule has 4 rings (SSSR count). The number of rotatable bonds is 3. The molecule has 2 aliphatic heterocycles. The smallest absolute Gasteiger partial charge is 0.406 e. The van der Waals surface area contributed by atoms with Crippen LogP contribution < -0.4 is 14.5 Å². The number of nitrogens with zero attached hydrogens (tertiary/aromatic N) is 3. The van der Waals surface area contributed by atoms with Crippen molar-refractivity contribution in [2.24, 2.45) is 5.41 Å². The summed E-state index contributed by atoms with van der Waals surface area (Å²) >= 11 is 0. The Morgan fingerprint density at radius 3 is 2.04 bits per heavy atom. The zero-order chi connectivity index (χ0) is 19.1. The molecule has 7 heteroatoms. The van der Waals surface area contributed by atoms with E-state index in [2.05, 4.69) is 19.4 Å². The van der Waals surface area contributed by atoms with Gasteiger partial charge in [0.25, 0.3) is 0 Å². The van der Waals surface area contributed by atoms with Gasteiger partial charge in [0, 0.05) is 43.0 Å². The first-order chi connectivity index (χ1) is 12.9. The van der Waals surface area contributed by atoms with Crippen molar-refractivity contribution in [1.82, 2.24) is 0 Å². The Morgan fingerprint density at radius 1 is 0.889 bits per heavy atom. The van der Waals surface area contributed by atoms with Crippen molar-refractivity contribution in [2.45, 2.75) is 12.8 Å². The van der Waals surface area contributed by atoms with Crippen LogP contribution in [0.2, 0.25) is 0 Å². The summed E-state index contributed by atoms with van der Waals surface area (Å²) in [5.41, 5.74) is 2.90. The minimum absolute atomic E-state index is 0.198. The van der Waals surface area contributed by atoms with E-state index in [1.165, 1.54) is 12.1 Å². The summed E-state index contributed by atoms with van der Waals surface area (Å²) in [6.07, 6.45) is -3.58. The molecule has 2 saturated heterocycles. The van der Waals surface area contributed by atoms with E-state index in [4.69, 9.17) is 6.57 Å². The number of alkyl halides is 3. The normalized spacial score (nSPS) is 18.3. The summed E-state index contributed by atoms with van der Waals surface area (Å²) in [5, 5.41) is 0. The lowest BCUT2D eigenvalue weighted by Crippen LogP contribution is -2.57. The predicted molar refractivity (Wildman–Crippen MR) is 97.3 cm³/mol. The fraction of sp³-hybridized carbons (Fsp3) is 0.350. The van der Waals surface area contributed by atoms with Crippen molar-refractivity contribution < 1.29 is 17.9 Å². The monoisotopic (exact) mass is 373 g/mol. The van der Waals surface area contributed by atoms with E-state index in [9.17, 15) is 13.2 Å². The highest BCUT2D eigenvalue weighted by Gasteiger charge is 2.47. The fourth-order valence-electron chi connectivity index (χ4n) is 3.96. The van der Waals surface area contributed by atoms with Crippen LogP contribution >= 0.6 is 0 Å². The number of halogens is 3. The molecule has 0 amide bonds. The number of benzene rings is 2. The maximum Gasteiger partial charge on any atom is 0.573 e. The van der Waals surface area contributed by atoms with Gasteiger partial charge in [-0.3, -0.25) is 0 Å². The summed E-state index contributed by atoms with van der Waals surface area (Å²) in [5.74, 6) is -0.198. The third-order valence-electron chi connectivity index (χ3n) is 5.27. The molecule has 0 atom stereocenters. The van der Waals surface area contributed by atoms with Gasteiger partial charge in [0.1, 0.15) is 5.75 Å². The van der Waals surface area contributed by atoms with Crippen molar-refractivity contribution in [3.63, 3.8) is 0 Å². The molecule has 140 valence electrons. The van der Waals surface area contributed by atoms with Gasteiger partial charge in [-0.15, -0.1) is 13.2 Å². The van der Waals surface area contributed by atoms with Gasteiger partial charge in [-0.1, -0.05) is 12.1 Å². The second kappa shape index (κ2) is 6.38. The van der Waals surface area contributed by atoms with Crippen LogP contribution in [-0.2, 0) is 0 Å². The molecule has 2 aromatic rings. The van der Waals surface area contributed by atoms with Crippen LogP contribution in [0.5, 0.6) is 5.75 Å². The molecule has 2 aliphatic rings. The molecule has 0 aromatic heterocycles. The lowest BCUT2D eigenvalue weighted by Gasteiger charge is -2.49. The van der Waals surface area contributed by atoms with E-state index in [1.807, 2.05) is 24.3 Å². The van der Waals surface area contributed by atoms with Crippen molar-refractivity contribution in [2.75, 3.05) is 36.0 Å². The first-order valence-corrected chi connectivity index (χ1v) is 8.69. The molecule has 0 radical (unpaired) electrons. The van der Waals surface area contributed by atoms with Crippen LogP contribution in [0.25, 0.3) is 4.85 Å². The Balaban J connectivity index is 1.35. The van der Waals surface area contributed by atoms with E-state index in [-0.39, 0.29) is 11.2 Å². The molecule has 4 nitrogen and oxygen atoms in total. The summed E-state index contributed by atoms with van der Waals surface area (Å²) in [4.78, 5) is 7.94. The second-order valence-electron chi connectivity index (χ2n) is 7.20. The minimum atomic E-state index is -4.66. The van der Waals surface area contributed by atoms with Crippen molar-refractivity contribution in [3.8, 4) is 5.75 Å². The van der Waals surface area contributed by atoms with E-state index in [1.54, 1.807) is 12.1 Å². The van der Waals surface area contributed by atoms with E-state index in [0.717, 1.165) is 44.0 Å². The first-order valence-electron chi connectivity index (χ1n) is 8.69. The Morgan fingerprint density at radius 2 is 1.44 bits per heavy atom. The number of hydrogen-bond acceptors (Lipinski definition) is 3. The van der Waals surface area contributed by atoms with Crippen LogP contribution in [0.1, 0.15) is 6.42 Å². The number of ether oxygens (including phenoxy) is 1. The molecule has 0 N–H and O–H groups in total. The van der Waals surface area contributed by atoms with E-state index >= 15 is 0 Å². The third-order valence-corrected chi connectivity index (χ3v) is 5.27. The quantitative estimate of drug-likeness (QED) is 0.717. The molecule has 0 bridgehead atoms. The SMILES string of the molecule is [C-]#[N+]c1ccc(N2CCC3(C2)CN(c2ccc(OC(F)(F)F)cc2)C3)cc1. The van der Waals surface area contributed by atoms with Crippen LogP contribution in [-0.4, -0.2) is 32.5 Å². The summed E-state index contributed by atoms with van der Waals surface area (Å²) in [6.45, 7) is 10.7. The zero-order valence-electron chi connectivity index (χ0n) is 14.5. The lowest BCUT2D eigenvalue weighted by molar-refractivity contribution is -0.274. The molecule has 2 fully saturated rings. The van der Waals surface area contributed by atoms with Crippen molar-refractivity contribution in [1.29, 1.82) is 0 Å². The van der Waals surface area contributed by atoms with Gasteiger partial charge in [0.15, 0.2) is 5.69 Å². The molecular formula is C20H18F3N3O. The zero-order valence-corrected chi connectivity index (χ0v) is 14.5. The largest absolute Gasteiger partial charge is 0.573 e. The van der Waals surface area contributed by atoms with Gasteiger partial charge >= 0.3 is 6.36 Å². The first kappa shape index (κ1) is 17.5. The Labute approximate surface area is 155 Å². The van der Waals surface area contributed by atoms with E-state index < -0.39 is 6.36 Å². The van der Waals surface area contributed by atoms with Crippen LogP contribution in [0, 0.1) is 12.0 Å². The highest BCUT2D eigenvalue weighted by molar-refractivity contribution is 5.58. The Hall–Kier alpha value is -2.88. The molecule has 0 aliphatic carbocycles. The standard InChI is InChI=1S/C20H18F3N3O/c1-24-15-2-4-16(5-3-15)25-11-10-19(12-25)13-26(14-19)17-6-8-18(9-7-17)27-20(21,22)23/h2-9H,10-14H2. The van der Waals surface area contributed by atoms with Gasteiger partial charge in [0.2, 0.25) is 0 Å². The molecule has 27 heavy (non-hydrogen) atoms. The maximum absolute atomic E-state index is 12.2. The van der Waals surface area contributed by atoms with E-state index in [0.29, 0.717) is 5.69 Å². The summed E-state index contributed by atoms with van der Waals surface area (Å²) in [7, 11) is 0. The van der Waals surface area contributed by atoms with Crippen LogP contribution in [0.3, 0.4) is 0 Å². The van der Waals surface area contributed by atoms with Gasteiger partial charge in [-0.05, 0) is 42.8 Å². The van der Waals surface area contributed by atoms with Crippen LogP contribution in [0.4, 0.5) is 30.2 Å². The Kier molecular flexibility index (Phi) is 4.14. The van der Waals surface area contributed by atoms with Crippen molar-refractivity contribution >= 4 is 17.1 Å². The molecule has 2 aromatic carbocycles. The average molecular weight is 373 g/mol. The predicted octanol–water partition coefficient (Wildman–Crippen LogP) is 4.85. The summed E-state index contributed by atoms with van der Waals surface area (Å²) in [6, 6.07) is 13.7. The van der Waals surface area contributed by atoms with Gasteiger partial charge < -0.3 is 14.5 Å². The molecule has 0 saturated carbocycles. The van der Waals surface area contributed by atoms with Crippen LogP contribution in [0.15, 0.2) is 48.5 Å². The molecule has 1 spiro atoms. The van der Waals surface area contributed by atoms with Crippen molar-refractivity contribution in [3.05, 3.63) is 59.9 Å². The fourth-order valence-corrected chi connectivity index (χ4v) is 3.96. The second-order valence-corrected chi connectivity index (χ2v) is 7.20. The number of anilines is 2. The molecular weight excluding hydrogens is 355 g/mol. The Bertz CT molecular complexity index is 850. The topological polar surface area (TPSA) is 20.1 Å². The minimum Gasteiger partial charge on any atom is -0.406 e. The van der Waals surface area contributed by atoms with Gasteiger partial charge in [-0.2, -0.15) is 0 Å². The van der Waals surface area contributed by atoms with Gasteiger partial charge in [-0.25, -0.2) is 4.85 Å².